The minimum absolute atomic E-state index is 0.221. The van der Waals surface area contributed by atoms with E-state index >= 15 is 0 Å². The van der Waals surface area contributed by atoms with Gasteiger partial charge in [0.2, 0.25) is 0 Å². The van der Waals surface area contributed by atoms with Gasteiger partial charge in [-0.15, -0.1) is 0 Å². The summed E-state index contributed by atoms with van der Waals surface area (Å²) in [5, 5.41) is 10.8. The van der Waals surface area contributed by atoms with Crippen molar-refractivity contribution in [1.29, 1.82) is 0 Å². The quantitative estimate of drug-likeness (QED) is 0.901. The largest absolute Gasteiger partial charge is 0.388 e. The molecule has 0 amide bonds. The standard InChI is InChI=1S/C19H22FNOS/c1-21-12-10-14(11-13-21)19(22)15-6-2-4-8-17(15)23-18-9-5-3-7-16(18)20/h2-9,14,19,22H,10-13H2,1H3/t19-/m1/s1. The van der Waals surface area contributed by atoms with E-state index in [1.807, 2.05) is 30.3 Å². The summed E-state index contributed by atoms with van der Waals surface area (Å²) in [6, 6.07) is 14.6. The van der Waals surface area contributed by atoms with E-state index in [2.05, 4.69) is 11.9 Å². The lowest BCUT2D eigenvalue weighted by Gasteiger charge is -2.32. The fourth-order valence-electron chi connectivity index (χ4n) is 3.06. The lowest BCUT2D eigenvalue weighted by Crippen LogP contribution is -2.32. The summed E-state index contributed by atoms with van der Waals surface area (Å²) in [7, 11) is 2.12. The average molecular weight is 331 g/mol. The zero-order chi connectivity index (χ0) is 16.2. The third kappa shape index (κ3) is 3.94. The lowest BCUT2D eigenvalue weighted by atomic mass is 9.87. The van der Waals surface area contributed by atoms with Crippen molar-refractivity contribution in [2.24, 2.45) is 5.92 Å². The topological polar surface area (TPSA) is 23.5 Å². The van der Waals surface area contributed by atoms with E-state index in [4.69, 9.17) is 0 Å². The first-order valence-corrected chi connectivity index (χ1v) is 8.84. The van der Waals surface area contributed by atoms with E-state index in [0.29, 0.717) is 4.90 Å². The molecule has 0 radical (unpaired) electrons. The van der Waals surface area contributed by atoms with Crippen LogP contribution in [0.15, 0.2) is 58.3 Å². The normalized spacial score (nSPS) is 18.0. The van der Waals surface area contributed by atoms with Gasteiger partial charge < -0.3 is 10.0 Å². The van der Waals surface area contributed by atoms with Crippen molar-refractivity contribution in [3.63, 3.8) is 0 Å². The molecule has 0 bridgehead atoms. The molecule has 4 heteroatoms. The zero-order valence-electron chi connectivity index (χ0n) is 13.3. The van der Waals surface area contributed by atoms with Gasteiger partial charge in [-0.3, -0.25) is 0 Å². The second kappa shape index (κ2) is 7.47. The van der Waals surface area contributed by atoms with Crippen LogP contribution in [0.2, 0.25) is 0 Å². The Morgan fingerprint density at radius 1 is 1.04 bits per heavy atom. The monoisotopic (exact) mass is 331 g/mol. The van der Waals surface area contributed by atoms with Gasteiger partial charge >= 0.3 is 0 Å². The van der Waals surface area contributed by atoms with Gasteiger partial charge in [-0.25, -0.2) is 4.39 Å². The number of nitrogens with zero attached hydrogens (tertiary/aromatic N) is 1. The Morgan fingerprint density at radius 3 is 2.35 bits per heavy atom. The Morgan fingerprint density at radius 2 is 1.65 bits per heavy atom. The summed E-state index contributed by atoms with van der Waals surface area (Å²) in [5.74, 6) is 0.0506. The fourth-order valence-corrected chi connectivity index (χ4v) is 4.06. The molecule has 1 N–H and O–H groups in total. The molecule has 2 nitrogen and oxygen atoms in total. The van der Waals surface area contributed by atoms with Crippen LogP contribution < -0.4 is 0 Å². The Hall–Kier alpha value is -1.36. The van der Waals surface area contributed by atoms with Gasteiger partial charge in [0.05, 0.1) is 6.10 Å². The van der Waals surface area contributed by atoms with Crippen LogP contribution in [-0.2, 0) is 0 Å². The maximum Gasteiger partial charge on any atom is 0.137 e. The molecular weight excluding hydrogens is 309 g/mol. The summed E-state index contributed by atoms with van der Waals surface area (Å²) in [5.41, 5.74) is 0.912. The molecule has 23 heavy (non-hydrogen) atoms. The number of aliphatic hydroxyl groups excluding tert-OH is 1. The van der Waals surface area contributed by atoms with Crippen LogP contribution in [0.4, 0.5) is 4.39 Å². The molecule has 2 aromatic rings. The Kier molecular flexibility index (Phi) is 5.36. The van der Waals surface area contributed by atoms with Crippen molar-refractivity contribution in [3.8, 4) is 0 Å². The molecule has 0 unspecified atom stereocenters. The maximum absolute atomic E-state index is 13.9. The van der Waals surface area contributed by atoms with Crippen molar-refractivity contribution in [2.75, 3.05) is 20.1 Å². The Labute approximate surface area is 141 Å². The molecule has 1 fully saturated rings. The first-order chi connectivity index (χ1) is 11.1. The molecule has 3 rings (SSSR count). The van der Waals surface area contributed by atoms with Crippen LogP contribution in [0.1, 0.15) is 24.5 Å². The van der Waals surface area contributed by atoms with Crippen molar-refractivity contribution in [2.45, 2.75) is 28.7 Å². The number of halogens is 1. The van der Waals surface area contributed by atoms with Gasteiger partial charge in [0.1, 0.15) is 5.82 Å². The van der Waals surface area contributed by atoms with Crippen LogP contribution in [0, 0.1) is 11.7 Å². The van der Waals surface area contributed by atoms with Gasteiger partial charge in [-0.2, -0.15) is 0 Å². The van der Waals surface area contributed by atoms with Crippen molar-refractivity contribution in [3.05, 3.63) is 59.9 Å². The van der Waals surface area contributed by atoms with Crippen LogP contribution in [0.25, 0.3) is 0 Å². The number of rotatable bonds is 4. The number of hydrogen-bond donors (Lipinski definition) is 1. The van der Waals surface area contributed by atoms with Crippen LogP contribution in [-0.4, -0.2) is 30.1 Å². The molecule has 2 aromatic carbocycles. The van der Waals surface area contributed by atoms with E-state index in [-0.39, 0.29) is 11.7 Å². The molecular formula is C19H22FNOS. The number of hydrogen-bond acceptors (Lipinski definition) is 3. The maximum atomic E-state index is 13.9. The molecule has 0 spiro atoms. The molecule has 1 aliphatic rings. The molecule has 0 saturated carbocycles. The first-order valence-electron chi connectivity index (χ1n) is 8.03. The van der Waals surface area contributed by atoms with Crippen LogP contribution in [0.3, 0.4) is 0 Å². The minimum Gasteiger partial charge on any atom is -0.388 e. The van der Waals surface area contributed by atoms with E-state index in [1.165, 1.54) is 17.8 Å². The molecule has 0 aromatic heterocycles. The highest BCUT2D eigenvalue weighted by atomic mass is 32.2. The molecule has 1 aliphatic heterocycles. The molecule has 1 saturated heterocycles. The SMILES string of the molecule is CN1CCC([C@@H](O)c2ccccc2Sc2ccccc2F)CC1. The van der Waals surface area contributed by atoms with Gasteiger partial charge in [0.15, 0.2) is 0 Å². The van der Waals surface area contributed by atoms with E-state index in [9.17, 15) is 9.50 Å². The smallest absolute Gasteiger partial charge is 0.137 e. The minimum atomic E-state index is -0.487. The predicted molar refractivity (Wildman–Crippen MR) is 92.1 cm³/mol. The predicted octanol–water partition coefficient (Wildman–Crippen LogP) is 4.35. The summed E-state index contributed by atoms with van der Waals surface area (Å²) >= 11 is 1.39. The van der Waals surface area contributed by atoms with Gasteiger partial charge in [0, 0.05) is 9.79 Å². The van der Waals surface area contributed by atoms with Gasteiger partial charge in [-0.1, -0.05) is 42.1 Å². The lowest BCUT2D eigenvalue weighted by molar-refractivity contribution is 0.0639. The highest BCUT2D eigenvalue weighted by molar-refractivity contribution is 7.99. The first kappa shape index (κ1) is 16.5. The molecule has 122 valence electrons. The highest BCUT2D eigenvalue weighted by Gasteiger charge is 2.26. The summed E-state index contributed by atoms with van der Waals surface area (Å²) in [6.45, 7) is 2.04. The second-order valence-electron chi connectivity index (χ2n) is 6.16. The number of aliphatic hydroxyl groups is 1. The van der Waals surface area contributed by atoms with Crippen molar-refractivity contribution >= 4 is 11.8 Å². The molecule has 1 atom stereocenters. The number of likely N-dealkylation sites (tertiary alicyclic amines) is 1. The summed E-state index contributed by atoms with van der Waals surface area (Å²) < 4.78 is 13.9. The zero-order valence-corrected chi connectivity index (χ0v) is 14.1. The molecule has 1 heterocycles. The van der Waals surface area contributed by atoms with E-state index < -0.39 is 6.10 Å². The highest BCUT2D eigenvalue weighted by Crippen LogP contribution is 2.38. The third-order valence-corrected chi connectivity index (χ3v) is 5.65. The fraction of sp³-hybridized carbons (Fsp3) is 0.368. The van der Waals surface area contributed by atoms with E-state index in [0.717, 1.165) is 36.4 Å². The van der Waals surface area contributed by atoms with Crippen molar-refractivity contribution in [1.82, 2.24) is 4.90 Å². The number of benzene rings is 2. The number of piperidine rings is 1. The van der Waals surface area contributed by atoms with Crippen molar-refractivity contribution < 1.29 is 9.50 Å². The third-order valence-electron chi connectivity index (χ3n) is 4.50. The van der Waals surface area contributed by atoms with Gasteiger partial charge in [0.25, 0.3) is 0 Å². The van der Waals surface area contributed by atoms with Crippen LogP contribution in [0.5, 0.6) is 0 Å². The second-order valence-corrected chi connectivity index (χ2v) is 7.24. The van der Waals surface area contributed by atoms with Crippen LogP contribution >= 0.6 is 11.8 Å². The summed E-state index contributed by atoms with van der Waals surface area (Å²) in [4.78, 5) is 3.82. The van der Waals surface area contributed by atoms with Gasteiger partial charge in [-0.05, 0) is 62.7 Å². The Balaban J connectivity index is 1.81. The van der Waals surface area contributed by atoms with E-state index in [1.54, 1.807) is 12.1 Å². The Bertz CT molecular complexity index is 655. The summed E-state index contributed by atoms with van der Waals surface area (Å²) in [6.07, 6.45) is 1.51. The molecule has 0 aliphatic carbocycles. The average Bonchev–Trinajstić information content (AvgIpc) is 2.57.